The lowest BCUT2D eigenvalue weighted by atomic mass is 10.0. The highest BCUT2D eigenvalue weighted by molar-refractivity contribution is 5.91. The van der Waals surface area contributed by atoms with Gasteiger partial charge in [-0.1, -0.05) is 6.42 Å². The van der Waals surface area contributed by atoms with Crippen LogP contribution in [0.1, 0.15) is 31.7 Å². The van der Waals surface area contributed by atoms with Crippen LogP contribution in [0.2, 0.25) is 0 Å². The topological polar surface area (TPSA) is 60.0 Å². The average molecular weight is 362 g/mol. The minimum absolute atomic E-state index is 0.108. The number of piperidine rings is 1. The zero-order valence-electron chi connectivity index (χ0n) is 16.2. The van der Waals surface area contributed by atoms with Crippen molar-refractivity contribution in [3.05, 3.63) is 23.8 Å². The third kappa shape index (κ3) is 5.39. The zero-order valence-corrected chi connectivity index (χ0v) is 16.2. The van der Waals surface area contributed by atoms with Crippen LogP contribution < -0.4 is 19.5 Å². The van der Waals surface area contributed by atoms with E-state index < -0.39 is 0 Å². The monoisotopic (exact) mass is 362 g/mol. The molecule has 6 nitrogen and oxygen atoms in total. The summed E-state index contributed by atoms with van der Waals surface area (Å²) in [6.07, 6.45) is 7.07. The molecule has 1 aromatic carbocycles. The van der Waals surface area contributed by atoms with E-state index in [9.17, 15) is 4.79 Å². The molecule has 1 aromatic rings. The minimum Gasteiger partial charge on any atom is -0.493 e. The first kappa shape index (κ1) is 20.1. The molecule has 1 atom stereocenters. The summed E-state index contributed by atoms with van der Waals surface area (Å²) in [6, 6.07) is 4.22. The van der Waals surface area contributed by atoms with Gasteiger partial charge in [0.1, 0.15) is 0 Å². The van der Waals surface area contributed by atoms with Crippen molar-refractivity contribution >= 4 is 12.0 Å². The van der Waals surface area contributed by atoms with E-state index >= 15 is 0 Å². The molecule has 0 radical (unpaired) electrons. The quantitative estimate of drug-likeness (QED) is 0.721. The summed E-state index contributed by atoms with van der Waals surface area (Å²) in [6.45, 7) is 4.93. The third-order valence-electron chi connectivity index (χ3n) is 4.75. The van der Waals surface area contributed by atoms with Gasteiger partial charge in [-0.2, -0.15) is 0 Å². The first-order chi connectivity index (χ1) is 12.6. The summed E-state index contributed by atoms with van der Waals surface area (Å²) in [4.78, 5) is 14.5. The lowest BCUT2D eigenvalue weighted by Gasteiger charge is -2.33. The number of ether oxygens (including phenoxy) is 3. The lowest BCUT2D eigenvalue weighted by Crippen LogP contribution is -2.42. The summed E-state index contributed by atoms with van der Waals surface area (Å²) in [5.74, 6) is 1.55. The number of benzene rings is 1. The smallest absolute Gasteiger partial charge is 0.244 e. The molecular weight excluding hydrogens is 332 g/mol. The van der Waals surface area contributed by atoms with Crippen LogP contribution in [0, 0.1) is 0 Å². The summed E-state index contributed by atoms with van der Waals surface area (Å²) >= 11 is 0. The van der Waals surface area contributed by atoms with E-state index in [-0.39, 0.29) is 5.91 Å². The van der Waals surface area contributed by atoms with Gasteiger partial charge < -0.3 is 19.5 Å². The molecule has 26 heavy (non-hydrogen) atoms. The maximum absolute atomic E-state index is 12.1. The van der Waals surface area contributed by atoms with Crippen molar-refractivity contribution in [1.29, 1.82) is 0 Å². The number of nitrogens with zero attached hydrogens (tertiary/aromatic N) is 1. The van der Waals surface area contributed by atoms with E-state index in [0.717, 1.165) is 18.7 Å². The molecule has 0 aromatic heterocycles. The van der Waals surface area contributed by atoms with Gasteiger partial charge in [-0.05, 0) is 50.1 Å². The fourth-order valence-electron chi connectivity index (χ4n) is 3.24. The molecule has 1 fully saturated rings. The Morgan fingerprint density at radius 3 is 2.46 bits per heavy atom. The summed E-state index contributed by atoms with van der Waals surface area (Å²) in [5.41, 5.74) is 0.805. The molecule has 2 rings (SSSR count). The Morgan fingerprint density at radius 2 is 1.88 bits per heavy atom. The molecule has 0 saturated carbocycles. The van der Waals surface area contributed by atoms with Gasteiger partial charge in [0.05, 0.1) is 21.3 Å². The number of hydrogen-bond donors (Lipinski definition) is 1. The molecule has 1 heterocycles. The highest BCUT2D eigenvalue weighted by Crippen LogP contribution is 2.38. The van der Waals surface area contributed by atoms with E-state index in [4.69, 9.17) is 14.2 Å². The predicted octanol–water partition coefficient (Wildman–Crippen LogP) is 2.72. The maximum atomic E-state index is 12.1. The lowest BCUT2D eigenvalue weighted by molar-refractivity contribution is -0.116. The van der Waals surface area contributed by atoms with Gasteiger partial charge in [-0.15, -0.1) is 0 Å². The Balaban J connectivity index is 1.91. The molecule has 0 bridgehead atoms. The van der Waals surface area contributed by atoms with Crippen LogP contribution in [0.15, 0.2) is 18.2 Å². The van der Waals surface area contributed by atoms with Crippen molar-refractivity contribution in [3.63, 3.8) is 0 Å². The highest BCUT2D eigenvalue weighted by atomic mass is 16.5. The van der Waals surface area contributed by atoms with Gasteiger partial charge in [0.25, 0.3) is 0 Å². The number of carbonyl (C=O) groups excluding carboxylic acids is 1. The molecule has 0 spiro atoms. The Kier molecular flexibility index (Phi) is 7.78. The van der Waals surface area contributed by atoms with Crippen molar-refractivity contribution in [2.45, 2.75) is 32.2 Å². The van der Waals surface area contributed by atoms with E-state index in [1.54, 1.807) is 39.5 Å². The second-order valence-corrected chi connectivity index (χ2v) is 6.46. The molecule has 144 valence electrons. The number of likely N-dealkylation sites (tertiary alicyclic amines) is 1. The van der Waals surface area contributed by atoms with Crippen LogP contribution in [-0.2, 0) is 4.79 Å². The van der Waals surface area contributed by atoms with E-state index in [2.05, 4.69) is 17.1 Å². The first-order valence-corrected chi connectivity index (χ1v) is 9.09. The van der Waals surface area contributed by atoms with Gasteiger partial charge in [0.2, 0.25) is 11.7 Å². The van der Waals surface area contributed by atoms with E-state index in [1.165, 1.54) is 25.3 Å². The highest BCUT2D eigenvalue weighted by Gasteiger charge is 2.17. The molecule has 1 aliphatic heterocycles. The molecule has 0 aliphatic carbocycles. The molecule has 1 saturated heterocycles. The number of carbonyl (C=O) groups is 1. The van der Waals surface area contributed by atoms with Crippen LogP contribution in [0.3, 0.4) is 0 Å². The predicted molar refractivity (Wildman–Crippen MR) is 103 cm³/mol. The summed E-state index contributed by atoms with van der Waals surface area (Å²) in [5, 5.41) is 2.95. The standard InChI is InChI=1S/C20H30N2O4/c1-15-7-5-6-11-22(15)12-10-21-19(23)9-8-16-13-17(24-2)20(26-4)18(14-16)25-3/h8-9,13-15H,5-7,10-12H2,1-4H3,(H,21,23)/b9-8+. The zero-order chi connectivity index (χ0) is 18.9. The number of methoxy groups -OCH3 is 3. The van der Waals surface area contributed by atoms with E-state index in [0.29, 0.717) is 29.8 Å². The molecular formula is C20H30N2O4. The Morgan fingerprint density at radius 1 is 1.19 bits per heavy atom. The SMILES string of the molecule is COc1cc(/C=C/C(=O)NCCN2CCCCC2C)cc(OC)c1OC. The van der Waals surface area contributed by atoms with Crippen LogP contribution in [0.4, 0.5) is 0 Å². The van der Waals surface area contributed by atoms with Crippen molar-refractivity contribution in [2.24, 2.45) is 0 Å². The normalized spacial score (nSPS) is 17.9. The van der Waals surface area contributed by atoms with Gasteiger partial charge in [-0.3, -0.25) is 9.69 Å². The van der Waals surface area contributed by atoms with E-state index in [1.807, 2.05) is 0 Å². The fourth-order valence-corrected chi connectivity index (χ4v) is 3.24. The summed E-state index contributed by atoms with van der Waals surface area (Å²) in [7, 11) is 4.70. The van der Waals surface area contributed by atoms with Crippen LogP contribution >= 0.6 is 0 Å². The van der Waals surface area contributed by atoms with Gasteiger partial charge >= 0.3 is 0 Å². The molecule has 1 amide bonds. The van der Waals surface area contributed by atoms with Crippen molar-refractivity contribution in [2.75, 3.05) is 41.0 Å². The molecule has 1 aliphatic rings. The Hall–Kier alpha value is -2.21. The number of nitrogens with one attached hydrogen (secondary N) is 1. The van der Waals surface area contributed by atoms with Gasteiger partial charge in [0, 0.05) is 25.2 Å². The van der Waals surface area contributed by atoms with Crippen molar-refractivity contribution in [3.8, 4) is 17.2 Å². The maximum Gasteiger partial charge on any atom is 0.244 e. The minimum atomic E-state index is -0.108. The van der Waals surface area contributed by atoms with Gasteiger partial charge in [-0.25, -0.2) is 0 Å². The van der Waals surface area contributed by atoms with Crippen LogP contribution in [0.25, 0.3) is 6.08 Å². The number of hydrogen-bond acceptors (Lipinski definition) is 5. The van der Waals surface area contributed by atoms with Crippen LogP contribution in [0.5, 0.6) is 17.2 Å². The number of amides is 1. The molecule has 1 N–H and O–H groups in total. The number of rotatable bonds is 8. The third-order valence-corrected chi connectivity index (χ3v) is 4.75. The Bertz CT molecular complexity index is 605. The van der Waals surface area contributed by atoms with Crippen LogP contribution in [-0.4, -0.2) is 57.8 Å². The second-order valence-electron chi connectivity index (χ2n) is 6.46. The van der Waals surface area contributed by atoms with Crippen molar-refractivity contribution < 1.29 is 19.0 Å². The Labute approximate surface area is 156 Å². The first-order valence-electron chi connectivity index (χ1n) is 9.09. The largest absolute Gasteiger partial charge is 0.493 e. The summed E-state index contributed by atoms with van der Waals surface area (Å²) < 4.78 is 15.9. The van der Waals surface area contributed by atoms with Gasteiger partial charge in [0.15, 0.2) is 11.5 Å². The van der Waals surface area contributed by atoms with Crippen molar-refractivity contribution in [1.82, 2.24) is 10.2 Å². The fraction of sp³-hybridized carbons (Fsp3) is 0.550. The second kappa shape index (κ2) is 10.1. The molecule has 1 unspecified atom stereocenters. The average Bonchev–Trinajstić information content (AvgIpc) is 2.66. The molecule has 6 heteroatoms.